The molecule has 0 nitrogen and oxygen atoms in total. The van der Waals surface area contributed by atoms with E-state index in [0.717, 1.165) is 0 Å². The SMILES string of the molecule is [Co].[Mo].[S-2].[S-2].[S-2]. The zero-order chi connectivity index (χ0) is 0. The van der Waals surface area contributed by atoms with E-state index in [0.29, 0.717) is 0 Å². The molecule has 0 aromatic rings. The van der Waals surface area contributed by atoms with Gasteiger partial charge in [0.25, 0.3) is 0 Å². The van der Waals surface area contributed by atoms with Crippen LogP contribution >= 0.6 is 0 Å². The third kappa shape index (κ3) is 22.3. The van der Waals surface area contributed by atoms with E-state index >= 15 is 0 Å². The van der Waals surface area contributed by atoms with Crippen molar-refractivity contribution >= 4 is 40.5 Å². The summed E-state index contributed by atoms with van der Waals surface area (Å²) in [5.41, 5.74) is 0. The van der Waals surface area contributed by atoms with Gasteiger partial charge >= 0.3 is 0 Å². The van der Waals surface area contributed by atoms with Crippen molar-refractivity contribution in [1.29, 1.82) is 0 Å². The number of rotatable bonds is 0. The monoisotopic (exact) mass is 253 g/mol. The molecule has 0 rings (SSSR count). The smallest absolute Gasteiger partial charge is 0 e. The molecule has 39 valence electrons. The minimum absolute atomic E-state index is 0. The standard InChI is InChI=1S/Co.Mo.3S/q;;3*-2. The molecule has 0 saturated heterocycles. The van der Waals surface area contributed by atoms with E-state index in [2.05, 4.69) is 0 Å². The minimum Gasteiger partial charge on any atom is -2.00 e. The van der Waals surface area contributed by atoms with E-state index in [1.54, 1.807) is 0 Å². The molecule has 0 bridgehead atoms. The topological polar surface area (TPSA) is 0 Å². The van der Waals surface area contributed by atoms with Crippen LogP contribution in [0, 0.1) is 0 Å². The molecule has 0 amide bonds. The van der Waals surface area contributed by atoms with Crippen molar-refractivity contribution in [3.05, 3.63) is 0 Å². The molecule has 0 aliphatic carbocycles. The molecule has 0 saturated carbocycles. The maximum Gasteiger partial charge on any atom is 0 e. The van der Waals surface area contributed by atoms with Gasteiger partial charge in [0.15, 0.2) is 0 Å². The largest absolute Gasteiger partial charge is 2.00 e. The van der Waals surface area contributed by atoms with Crippen LogP contribution in [0.1, 0.15) is 0 Å². The summed E-state index contributed by atoms with van der Waals surface area (Å²) in [5.74, 6) is 0. The molecule has 0 aliphatic heterocycles. The van der Waals surface area contributed by atoms with Crippen molar-refractivity contribution in [1.82, 2.24) is 0 Å². The first kappa shape index (κ1) is 56.1. The van der Waals surface area contributed by atoms with E-state index in [4.69, 9.17) is 0 Å². The van der Waals surface area contributed by atoms with Crippen molar-refractivity contribution in [3.63, 3.8) is 0 Å². The Morgan fingerprint density at radius 2 is 0.600 bits per heavy atom. The molecule has 0 heterocycles. The van der Waals surface area contributed by atoms with Gasteiger partial charge in [-0.25, -0.2) is 0 Å². The number of hydrogen-bond acceptors (Lipinski definition) is 0. The van der Waals surface area contributed by atoms with Crippen LogP contribution in [0.5, 0.6) is 0 Å². The number of hydrogen-bond donors (Lipinski definition) is 0. The first-order chi connectivity index (χ1) is 0. The Bertz CT molecular complexity index is 6.85. The van der Waals surface area contributed by atoms with E-state index in [1.165, 1.54) is 0 Å². The molecule has 0 N–H and O–H groups in total. The summed E-state index contributed by atoms with van der Waals surface area (Å²) >= 11 is 0. The fourth-order valence-electron chi connectivity index (χ4n) is 0. The third-order valence-electron chi connectivity index (χ3n) is 0. The Hall–Kier alpha value is 2.24. The Morgan fingerprint density at radius 3 is 0.600 bits per heavy atom. The van der Waals surface area contributed by atoms with Crippen molar-refractivity contribution in [2.75, 3.05) is 0 Å². The zero-order valence-corrected chi connectivity index (χ0v) is 7.46. The van der Waals surface area contributed by atoms with Crippen LogP contribution < -0.4 is 0 Å². The average molecular weight is 251 g/mol. The quantitative estimate of drug-likeness (QED) is 0.531. The van der Waals surface area contributed by atoms with E-state index < -0.39 is 0 Å². The van der Waals surface area contributed by atoms with Crippen molar-refractivity contribution < 1.29 is 37.8 Å². The summed E-state index contributed by atoms with van der Waals surface area (Å²) in [6, 6.07) is 0. The molecular weight excluding hydrogens is 251 g/mol. The zero-order valence-electron chi connectivity index (χ0n) is 1.97. The van der Waals surface area contributed by atoms with E-state index in [-0.39, 0.29) is 78.3 Å². The molecule has 5 heteroatoms. The van der Waals surface area contributed by atoms with Crippen LogP contribution in [0.15, 0.2) is 0 Å². The molecule has 0 aromatic carbocycles. The van der Waals surface area contributed by atoms with E-state index in [9.17, 15) is 0 Å². The fraction of sp³-hybridized carbons (Fsp3) is 0. The van der Waals surface area contributed by atoms with Crippen molar-refractivity contribution in [2.45, 2.75) is 0 Å². The average Bonchev–Trinajstić information content (AvgIpc) is 0. The van der Waals surface area contributed by atoms with Crippen LogP contribution in [0.25, 0.3) is 0 Å². The van der Waals surface area contributed by atoms with Crippen molar-refractivity contribution in [3.8, 4) is 0 Å². The van der Waals surface area contributed by atoms with Gasteiger partial charge in [-0.2, -0.15) is 0 Å². The van der Waals surface area contributed by atoms with Crippen LogP contribution in [-0.4, -0.2) is 0 Å². The molecule has 0 spiro atoms. The Labute approximate surface area is 77.7 Å². The predicted molar refractivity (Wildman–Crippen MR) is 22.1 cm³/mol. The van der Waals surface area contributed by atoms with Gasteiger partial charge in [-0.3, -0.25) is 0 Å². The second kappa shape index (κ2) is 34.1. The molecule has 1 radical (unpaired) electrons. The molecule has 0 fully saturated rings. The summed E-state index contributed by atoms with van der Waals surface area (Å²) in [5, 5.41) is 0. The summed E-state index contributed by atoms with van der Waals surface area (Å²) in [6.07, 6.45) is 0. The van der Waals surface area contributed by atoms with Gasteiger partial charge < -0.3 is 40.5 Å². The maximum absolute atomic E-state index is 0. The molecule has 0 aromatic heterocycles. The minimum atomic E-state index is 0. The summed E-state index contributed by atoms with van der Waals surface area (Å²) < 4.78 is 0. The van der Waals surface area contributed by atoms with Gasteiger partial charge in [-0.05, 0) is 0 Å². The van der Waals surface area contributed by atoms with Crippen LogP contribution in [-0.2, 0) is 78.3 Å². The Morgan fingerprint density at radius 1 is 0.600 bits per heavy atom. The van der Waals surface area contributed by atoms with Crippen molar-refractivity contribution in [2.24, 2.45) is 0 Å². The second-order valence-corrected chi connectivity index (χ2v) is 0. The molecular formula is CoMoS3-6. The molecule has 0 atom stereocenters. The summed E-state index contributed by atoms with van der Waals surface area (Å²) in [6.45, 7) is 0. The Kier molecular flexibility index (Phi) is 382. The van der Waals surface area contributed by atoms with Gasteiger partial charge in [-0.15, -0.1) is 0 Å². The van der Waals surface area contributed by atoms with Gasteiger partial charge in [0, 0.05) is 37.8 Å². The third-order valence-corrected chi connectivity index (χ3v) is 0. The normalized spacial score (nSPS) is 0. The first-order valence-electron chi connectivity index (χ1n) is 0. The van der Waals surface area contributed by atoms with Crippen LogP contribution in [0.4, 0.5) is 0 Å². The van der Waals surface area contributed by atoms with Gasteiger partial charge in [-0.1, -0.05) is 0 Å². The van der Waals surface area contributed by atoms with E-state index in [1.807, 2.05) is 0 Å². The maximum atomic E-state index is 0. The van der Waals surface area contributed by atoms with Crippen LogP contribution in [0.3, 0.4) is 0 Å². The fourth-order valence-corrected chi connectivity index (χ4v) is 0. The summed E-state index contributed by atoms with van der Waals surface area (Å²) in [7, 11) is 0. The van der Waals surface area contributed by atoms with Gasteiger partial charge in [0.05, 0.1) is 0 Å². The molecule has 0 aliphatic rings. The van der Waals surface area contributed by atoms with Gasteiger partial charge in [0.1, 0.15) is 0 Å². The second-order valence-electron chi connectivity index (χ2n) is 0. The van der Waals surface area contributed by atoms with Crippen LogP contribution in [0.2, 0.25) is 0 Å². The molecule has 0 unspecified atom stereocenters. The predicted octanol–water partition coefficient (Wildman–Crippen LogP) is -0.0122. The van der Waals surface area contributed by atoms with Gasteiger partial charge in [0.2, 0.25) is 0 Å². The summed E-state index contributed by atoms with van der Waals surface area (Å²) in [4.78, 5) is 0. The first-order valence-corrected chi connectivity index (χ1v) is 0. The Balaban J connectivity index is 0. The molecule has 5 heavy (non-hydrogen) atoms.